The van der Waals surface area contributed by atoms with Crippen molar-refractivity contribution in [1.82, 2.24) is 15.5 Å². The third-order valence-corrected chi connectivity index (χ3v) is 8.34. The molecule has 11 nitrogen and oxygen atoms in total. The molecule has 3 fully saturated rings. The Morgan fingerprint density at radius 1 is 0.975 bits per heavy atom. The monoisotopic (exact) mass is 554 g/mol. The van der Waals surface area contributed by atoms with E-state index in [1.807, 2.05) is 6.07 Å². The molecule has 1 aromatic rings. The van der Waals surface area contributed by atoms with Crippen molar-refractivity contribution in [3.8, 4) is 0 Å². The molecule has 0 bridgehead atoms. The number of anilines is 1. The first-order valence-corrected chi connectivity index (χ1v) is 14.5. The van der Waals surface area contributed by atoms with Crippen molar-refractivity contribution >= 4 is 35.4 Å². The van der Waals surface area contributed by atoms with Gasteiger partial charge < -0.3 is 19.7 Å². The van der Waals surface area contributed by atoms with E-state index in [4.69, 9.17) is 9.47 Å². The van der Waals surface area contributed by atoms with Gasteiger partial charge in [0.05, 0.1) is 35.6 Å². The Morgan fingerprint density at radius 3 is 2.40 bits per heavy atom. The molecule has 0 aromatic heterocycles. The highest BCUT2D eigenvalue weighted by atomic mass is 16.5. The smallest absolute Gasteiger partial charge is 0.407 e. The quantitative estimate of drug-likeness (QED) is 0.370. The molecule has 0 spiro atoms. The molecule has 1 atom stereocenters. The Bertz CT molecular complexity index is 1160. The maximum atomic E-state index is 13.4. The Balaban J connectivity index is 1.13. The minimum atomic E-state index is -0.978. The van der Waals surface area contributed by atoms with Crippen LogP contribution in [0.1, 0.15) is 91.8 Å². The maximum absolute atomic E-state index is 13.4. The van der Waals surface area contributed by atoms with Gasteiger partial charge >= 0.3 is 6.09 Å². The second kappa shape index (κ2) is 12.4. The van der Waals surface area contributed by atoms with Crippen LogP contribution in [0.3, 0.4) is 0 Å². The van der Waals surface area contributed by atoms with Gasteiger partial charge in [-0.25, -0.2) is 4.79 Å². The maximum Gasteiger partial charge on any atom is 0.407 e. The van der Waals surface area contributed by atoms with Crippen LogP contribution in [0.2, 0.25) is 0 Å². The number of piperidine rings is 2. The first kappa shape index (κ1) is 28.1. The summed E-state index contributed by atoms with van der Waals surface area (Å²) in [5, 5.41) is 5.20. The standard InChI is InChI=1S/C29H38N4O7/c1-2-3-17-39-29(38)30-18-7-9-19(10-8-18)40-20-13-15-32(16-14-20)22-6-4-5-21-25(22)28(37)33(27(21)36)23-11-12-24(34)31-26(23)35/h4-6,18-20,23H,2-3,7-17H2,1H3,(H,30,38)(H,31,34,35). The molecule has 3 heterocycles. The number of ether oxygens (including phenoxy) is 2. The summed E-state index contributed by atoms with van der Waals surface area (Å²) in [6, 6.07) is 4.38. The van der Waals surface area contributed by atoms with Crippen molar-refractivity contribution in [1.29, 1.82) is 0 Å². The van der Waals surface area contributed by atoms with E-state index in [9.17, 15) is 24.0 Å². The van der Waals surface area contributed by atoms with Crippen LogP contribution in [-0.2, 0) is 19.1 Å². The highest BCUT2D eigenvalue weighted by Gasteiger charge is 2.46. The van der Waals surface area contributed by atoms with Gasteiger partial charge in [0.25, 0.3) is 11.8 Å². The van der Waals surface area contributed by atoms with Gasteiger partial charge in [-0.3, -0.25) is 29.4 Å². The number of hydrogen-bond acceptors (Lipinski definition) is 8. The van der Waals surface area contributed by atoms with Crippen molar-refractivity contribution in [3.63, 3.8) is 0 Å². The fourth-order valence-corrected chi connectivity index (χ4v) is 6.13. The number of carbonyl (C=O) groups is 5. The van der Waals surface area contributed by atoms with E-state index >= 15 is 0 Å². The predicted octanol–water partition coefficient (Wildman–Crippen LogP) is 2.91. The summed E-state index contributed by atoms with van der Waals surface area (Å²) in [4.78, 5) is 65.6. The molecule has 2 saturated heterocycles. The molecule has 5 rings (SSSR count). The van der Waals surface area contributed by atoms with Crippen molar-refractivity contribution in [3.05, 3.63) is 29.3 Å². The molecule has 2 N–H and O–H groups in total. The zero-order chi connectivity index (χ0) is 28.2. The number of carbonyl (C=O) groups excluding carboxylic acids is 5. The summed E-state index contributed by atoms with van der Waals surface area (Å²) in [5.41, 5.74) is 1.32. The molecule has 216 valence electrons. The molecule has 1 saturated carbocycles. The van der Waals surface area contributed by atoms with Crippen LogP contribution in [0.5, 0.6) is 0 Å². The molecular weight excluding hydrogens is 516 g/mol. The van der Waals surface area contributed by atoms with Gasteiger partial charge in [0, 0.05) is 25.6 Å². The van der Waals surface area contributed by atoms with Crippen molar-refractivity contribution < 1.29 is 33.4 Å². The Kier molecular flexibility index (Phi) is 8.68. The minimum Gasteiger partial charge on any atom is -0.450 e. The fourth-order valence-electron chi connectivity index (χ4n) is 6.13. The van der Waals surface area contributed by atoms with Crippen LogP contribution in [0, 0.1) is 0 Å². The molecule has 1 unspecified atom stereocenters. The van der Waals surface area contributed by atoms with Gasteiger partial charge in [0.2, 0.25) is 11.8 Å². The van der Waals surface area contributed by atoms with Crippen molar-refractivity contribution in [2.75, 3.05) is 24.6 Å². The summed E-state index contributed by atoms with van der Waals surface area (Å²) in [6.45, 7) is 3.87. The number of nitrogens with zero attached hydrogens (tertiary/aromatic N) is 2. The lowest BCUT2D eigenvalue weighted by Crippen LogP contribution is -2.54. The van der Waals surface area contributed by atoms with Crippen LogP contribution < -0.4 is 15.5 Å². The number of benzene rings is 1. The number of imide groups is 2. The van der Waals surface area contributed by atoms with E-state index in [-0.39, 0.29) is 37.2 Å². The second-order valence-corrected chi connectivity index (χ2v) is 11.1. The van der Waals surface area contributed by atoms with E-state index in [0.29, 0.717) is 36.5 Å². The minimum absolute atomic E-state index is 0.0912. The number of amides is 5. The van der Waals surface area contributed by atoms with Gasteiger partial charge in [-0.15, -0.1) is 0 Å². The predicted molar refractivity (Wildman–Crippen MR) is 145 cm³/mol. The number of fused-ring (bicyclic) bond motifs is 1. The molecule has 40 heavy (non-hydrogen) atoms. The number of unbranched alkanes of at least 4 members (excludes halogenated alkanes) is 1. The Hall–Kier alpha value is -3.47. The van der Waals surface area contributed by atoms with Crippen LogP contribution in [0.15, 0.2) is 18.2 Å². The second-order valence-electron chi connectivity index (χ2n) is 11.1. The third-order valence-electron chi connectivity index (χ3n) is 8.34. The lowest BCUT2D eigenvalue weighted by molar-refractivity contribution is -0.136. The molecule has 3 aliphatic heterocycles. The Morgan fingerprint density at radius 2 is 1.70 bits per heavy atom. The molecule has 1 aromatic carbocycles. The average molecular weight is 555 g/mol. The van der Waals surface area contributed by atoms with Crippen molar-refractivity contribution in [2.24, 2.45) is 0 Å². The summed E-state index contributed by atoms with van der Waals surface area (Å²) >= 11 is 0. The van der Waals surface area contributed by atoms with Crippen molar-refractivity contribution in [2.45, 2.75) is 95.4 Å². The molecule has 5 amide bonds. The number of hydrogen-bond donors (Lipinski definition) is 2. The molecule has 0 radical (unpaired) electrons. The highest BCUT2D eigenvalue weighted by Crippen LogP contribution is 2.36. The zero-order valence-electron chi connectivity index (χ0n) is 23.0. The molecule has 4 aliphatic rings. The topological polar surface area (TPSA) is 134 Å². The zero-order valence-corrected chi connectivity index (χ0v) is 23.0. The molecule has 1 aliphatic carbocycles. The first-order valence-electron chi connectivity index (χ1n) is 14.5. The highest BCUT2D eigenvalue weighted by molar-refractivity contribution is 6.25. The Labute approximate surface area is 233 Å². The first-order chi connectivity index (χ1) is 19.4. The molecular formula is C29H38N4O7. The van der Waals surface area contributed by atoms with E-state index in [1.165, 1.54) is 0 Å². The van der Waals surface area contributed by atoms with Crippen LogP contribution in [0.25, 0.3) is 0 Å². The van der Waals surface area contributed by atoms with Gasteiger partial charge in [-0.1, -0.05) is 19.4 Å². The van der Waals surface area contributed by atoms with Crippen LogP contribution >= 0.6 is 0 Å². The van der Waals surface area contributed by atoms with Gasteiger partial charge in [0.1, 0.15) is 6.04 Å². The van der Waals surface area contributed by atoms with E-state index in [2.05, 4.69) is 22.5 Å². The summed E-state index contributed by atoms with van der Waals surface area (Å²) in [5.74, 6) is -1.98. The van der Waals surface area contributed by atoms with Crippen LogP contribution in [0.4, 0.5) is 10.5 Å². The van der Waals surface area contributed by atoms with E-state index in [0.717, 1.165) is 56.3 Å². The van der Waals surface area contributed by atoms with E-state index < -0.39 is 29.7 Å². The largest absolute Gasteiger partial charge is 0.450 e. The number of rotatable bonds is 8. The molecule has 11 heteroatoms. The van der Waals surface area contributed by atoms with Gasteiger partial charge in [-0.2, -0.15) is 0 Å². The lowest BCUT2D eigenvalue weighted by Gasteiger charge is -2.37. The van der Waals surface area contributed by atoms with Crippen LogP contribution in [-0.4, -0.2) is 78.6 Å². The normalized spacial score (nSPS) is 25.6. The van der Waals surface area contributed by atoms with Gasteiger partial charge in [0.15, 0.2) is 0 Å². The lowest BCUT2D eigenvalue weighted by atomic mass is 9.92. The number of alkyl carbamates (subject to hydrolysis) is 1. The number of nitrogens with one attached hydrogen (secondary N) is 2. The summed E-state index contributed by atoms with van der Waals surface area (Å²) in [6.07, 6.45) is 7.11. The summed E-state index contributed by atoms with van der Waals surface area (Å²) < 4.78 is 11.6. The SMILES string of the molecule is CCCCOC(=O)NC1CCC(OC2CCN(c3cccc4c3C(=O)N(C3CCC(=O)NC3=O)C4=O)CC2)CC1. The summed E-state index contributed by atoms with van der Waals surface area (Å²) in [7, 11) is 0. The van der Waals surface area contributed by atoms with Gasteiger partial charge in [-0.05, 0) is 63.5 Å². The third kappa shape index (κ3) is 5.99. The average Bonchev–Trinajstić information content (AvgIpc) is 3.20. The van der Waals surface area contributed by atoms with E-state index in [1.54, 1.807) is 12.1 Å². The fraction of sp³-hybridized carbons (Fsp3) is 0.621.